The smallest absolute Gasteiger partial charge is 0.0722 e. The van der Waals surface area contributed by atoms with Crippen molar-refractivity contribution in [2.75, 3.05) is 4.90 Å². The first-order chi connectivity index (χ1) is 36.2. The summed E-state index contributed by atoms with van der Waals surface area (Å²) in [6, 6.07) is 13.8. The molecule has 2 unspecified atom stereocenters. The van der Waals surface area contributed by atoms with Crippen LogP contribution < -0.4 is 4.90 Å². The lowest BCUT2D eigenvalue weighted by molar-refractivity contribution is 0.191. The van der Waals surface area contributed by atoms with Crippen LogP contribution in [0.5, 0.6) is 0 Å². The summed E-state index contributed by atoms with van der Waals surface area (Å²) < 4.78 is 149. The summed E-state index contributed by atoms with van der Waals surface area (Å²) in [6.45, 7) is 4.63. The maximum absolute atomic E-state index is 9.41. The second-order valence-corrected chi connectivity index (χ2v) is 16.3. The molecule has 1 aliphatic heterocycles. The molecular weight excluding hydrogens is 731 g/mol. The van der Waals surface area contributed by atoms with Crippen LogP contribution in [0.4, 0.5) is 11.4 Å². The molecule has 4 aromatic heterocycles. The van der Waals surface area contributed by atoms with Crippen LogP contribution in [0.15, 0.2) is 176 Å². The van der Waals surface area contributed by atoms with Crippen molar-refractivity contribution in [2.45, 2.75) is 50.5 Å². The second-order valence-electron chi connectivity index (χ2n) is 16.3. The van der Waals surface area contributed by atoms with Crippen molar-refractivity contribution in [3.05, 3.63) is 181 Å². The molecule has 5 nitrogen and oxygen atoms in total. The fraction of sp³-hybridized carbons (Fsp3) is 0.145. The summed E-state index contributed by atoms with van der Waals surface area (Å²) in [5, 5.41) is 1.07. The zero-order chi connectivity index (χ0) is 53.7. The first-order valence-electron chi connectivity index (χ1n) is 28.1. The van der Waals surface area contributed by atoms with Gasteiger partial charge in [-0.05, 0) is 98.5 Å². The number of hydrogen-bond acceptors (Lipinski definition) is 2. The molecule has 11 aromatic rings. The number of fused-ring (bicyclic) bond motifs is 12. The fourth-order valence-electron chi connectivity index (χ4n) is 10.6. The molecule has 0 spiro atoms. The minimum absolute atomic E-state index is 0.0902. The third kappa shape index (κ3) is 4.39. The number of hydrogen-bond donors (Lipinski definition) is 0. The molecule has 288 valence electrons. The molecule has 1 aliphatic carbocycles. The first kappa shape index (κ1) is 21.8. The molecule has 13 rings (SSSR count). The average molecular weight is 790 g/mol. The molecule has 0 bridgehead atoms. The van der Waals surface area contributed by atoms with Gasteiger partial charge in [-0.2, -0.15) is 0 Å². The van der Waals surface area contributed by atoms with E-state index in [-0.39, 0.29) is 65.9 Å². The fourth-order valence-corrected chi connectivity index (χ4v) is 10.6. The van der Waals surface area contributed by atoms with Crippen molar-refractivity contribution in [2.24, 2.45) is 0 Å². The van der Waals surface area contributed by atoms with E-state index in [1.165, 1.54) is 15.2 Å². The number of aromatic nitrogens is 4. The Kier molecular flexibility index (Phi) is 4.43. The molecule has 5 heteroatoms. The Morgan fingerprint density at radius 3 is 1.55 bits per heavy atom. The van der Waals surface area contributed by atoms with Gasteiger partial charge in [0.15, 0.2) is 0 Å². The van der Waals surface area contributed by atoms with Crippen LogP contribution in [0.25, 0.3) is 82.5 Å². The predicted octanol–water partition coefficient (Wildman–Crippen LogP) is 14.1. The number of pyridine rings is 1. The van der Waals surface area contributed by atoms with E-state index < -0.39 is 96.7 Å². The third-order valence-electron chi connectivity index (χ3n) is 13.5. The largest absolute Gasteiger partial charge is 0.333 e. The quantitative estimate of drug-likeness (QED) is 0.178. The van der Waals surface area contributed by atoms with Crippen LogP contribution >= 0.6 is 0 Å². The van der Waals surface area contributed by atoms with Gasteiger partial charge in [-0.15, -0.1) is 0 Å². The highest BCUT2D eigenvalue weighted by molar-refractivity contribution is 6.12. The summed E-state index contributed by atoms with van der Waals surface area (Å²) >= 11 is 0. The summed E-state index contributed by atoms with van der Waals surface area (Å²) in [4.78, 5) is 7.41. The van der Waals surface area contributed by atoms with Crippen molar-refractivity contribution in [3.63, 3.8) is 0 Å². The molecule has 1 fully saturated rings. The first-order valence-corrected chi connectivity index (χ1v) is 20.1. The minimum Gasteiger partial charge on any atom is -0.333 e. The summed E-state index contributed by atoms with van der Waals surface area (Å²) in [5.74, 6) is 0. The van der Waals surface area contributed by atoms with Gasteiger partial charge in [0.25, 0.3) is 0 Å². The Bertz CT molecular complexity index is 4170. The van der Waals surface area contributed by atoms with E-state index in [4.69, 9.17) is 16.0 Å². The second kappa shape index (κ2) is 12.2. The van der Waals surface area contributed by atoms with Gasteiger partial charge in [0.1, 0.15) is 0 Å². The minimum atomic E-state index is -0.625. The number of rotatable bonds is 4. The molecular formula is C55H43N5. The summed E-state index contributed by atoms with van der Waals surface area (Å²) in [5.41, 5.74) is 3.83. The van der Waals surface area contributed by atoms with E-state index >= 15 is 0 Å². The highest BCUT2D eigenvalue weighted by atomic mass is 15.3. The maximum atomic E-state index is 9.41. The van der Waals surface area contributed by atoms with Gasteiger partial charge < -0.3 is 18.6 Å². The lowest BCUT2D eigenvalue weighted by Gasteiger charge is -2.49. The molecule has 2 aliphatic rings. The summed E-state index contributed by atoms with van der Waals surface area (Å²) in [6.07, 6.45) is 5.93. The summed E-state index contributed by atoms with van der Waals surface area (Å²) in [7, 11) is 0. The number of para-hydroxylation sites is 5. The van der Waals surface area contributed by atoms with Gasteiger partial charge in [0, 0.05) is 49.6 Å². The standard InChI is InChI=1S/C55H43N5/c1-54-29-13-14-30-55(54,2)60(52-26-15-31-56-53(52)54)36-27-28-51-45(35-36)44-20-7-12-25-50(44)59(51)39-33-37(57-46-21-8-3-16-40(46)41-17-4-9-22-47(41)57)32-38(34-39)58-48-23-10-5-18-42(48)43-19-6-11-24-49(43)58/h3-12,15-28,31-35H,13-14,29-30H2,1-2H3/i3D,4D,5D,6D,8D,9D,10D,11D,16D,17D,18D,19D,21D,22D,23D,24D. The molecule has 0 radical (unpaired) electrons. The van der Waals surface area contributed by atoms with Crippen molar-refractivity contribution < 1.29 is 21.9 Å². The van der Waals surface area contributed by atoms with E-state index in [1.807, 2.05) is 47.2 Å². The van der Waals surface area contributed by atoms with Gasteiger partial charge >= 0.3 is 0 Å². The molecule has 5 heterocycles. The highest BCUT2D eigenvalue weighted by Gasteiger charge is 2.58. The Balaban J connectivity index is 1.20. The van der Waals surface area contributed by atoms with Crippen LogP contribution in [0.1, 0.15) is 67.2 Å². The third-order valence-corrected chi connectivity index (χ3v) is 13.5. The molecule has 7 aromatic carbocycles. The number of anilines is 2. The molecule has 2 atom stereocenters. The molecule has 0 amide bonds. The topological polar surface area (TPSA) is 30.9 Å². The van der Waals surface area contributed by atoms with E-state index in [2.05, 4.69) is 36.9 Å². The lowest BCUT2D eigenvalue weighted by Crippen LogP contribution is -2.54. The normalized spacial score (nSPS) is 22.7. The lowest BCUT2D eigenvalue weighted by atomic mass is 9.63. The van der Waals surface area contributed by atoms with Gasteiger partial charge in [0.05, 0.1) is 89.0 Å². The maximum Gasteiger partial charge on any atom is 0.0722 e. The number of nitrogens with zero attached hydrogens (tertiary/aromatic N) is 5. The zero-order valence-electron chi connectivity index (χ0n) is 48.6. The SMILES string of the molecule is [2H]c1c([2H])c([2H])c2c(c1[2H])c1c([2H])c([2H])c([2H])c([2H])c1n2-c1cc(-n2c3ccccc3c3cc(N4c5cccnc5C5(C)CCCCC45C)ccc32)cc(-n2c3c([2H])c([2H])c([2H])c([2H])c3c3c([2H])c([2H])c([2H])c([2H])c32)c1. The molecule has 0 saturated heterocycles. The van der Waals surface area contributed by atoms with Crippen molar-refractivity contribution in [1.82, 2.24) is 18.7 Å². The van der Waals surface area contributed by atoms with Gasteiger partial charge in [-0.1, -0.05) is 110 Å². The Morgan fingerprint density at radius 1 is 0.467 bits per heavy atom. The predicted molar refractivity (Wildman–Crippen MR) is 250 cm³/mol. The van der Waals surface area contributed by atoms with Crippen LogP contribution in [0, 0.1) is 0 Å². The molecule has 0 N–H and O–H groups in total. The number of benzene rings is 7. The van der Waals surface area contributed by atoms with Crippen molar-refractivity contribution >= 4 is 76.8 Å². The van der Waals surface area contributed by atoms with Gasteiger partial charge in [0.2, 0.25) is 0 Å². The van der Waals surface area contributed by atoms with E-state index in [0.29, 0.717) is 16.7 Å². The monoisotopic (exact) mass is 789 g/mol. The van der Waals surface area contributed by atoms with Crippen LogP contribution in [-0.2, 0) is 5.41 Å². The Labute approximate surface area is 370 Å². The van der Waals surface area contributed by atoms with Crippen LogP contribution in [0.3, 0.4) is 0 Å². The zero-order valence-corrected chi connectivity index (χ0v) is 32.6. The highest BCUT2D eigenvalue weighted by Crippen LogP contribution is 2.60. The van der Waals surface area contributed by atoms with Gasteiger partial charge in [-0.3, -0.25) is 4.98 Å². The van der Waals surface area contributed by atoms with Crippen LogP contribution in [-0.4, -0.2) is 24.2 Å². The Morgan fingerprint density at radius 2 is 0.967 bits per heavy atom. The van der Waals surface area contributed by atoms with Crippen LogP contribution in [0.2, 0.25) is 0 Å². The Hall–Kier alpha value is -7.11. The van der Waals surface area contributed by atoms with Gasteiger partial charge in [-0.25, -0.2) is 0 Å². The average Bonchev–Trinajstić information content (AvgIpc) is 4.36. The molecule has 60 heavy (non-hydrogen) atoms. The molecule has 1 saturated carbocycles. The van der Waals surface area contributed by atoms with E-state index in [0.717, 1.165) is 53.5 Å². The van der Waals surface area contributed by atoms with E-state index in [9.17, 15) is 11.0 Å². The van der Waals surface area contributed by atoms with E-state index in [1.54, 1.807) is 12.1 Å². The van der Waals surface area contributed by atoms with Crippen molar-refractivity contribution in [3.8, 4) is 17.1 Å². The van der Waals surface area contributed by atoms with Crippen molar-refractivity contribution in [1.29, 1.82) is 0 Å².